The van der Waals surface area contributed by atoms with Gasteiger partial charge < -0.3 is 9.42 Å². The fraction of sp³-hybridized carbons (Fsp3) is 0.667. The van der Waals surface area contributed by atoms with E-state index in [2.05, 4.69) is 37.0 Å². The highest BCUT2D eigenvalue weighted by molar-refractivity contribution is 5.39. The van der Waals surface area contributed by atoms with E-state index in [1.165, 1.54) is 19.3 Å². The van der Waals surface area contributed by atoms with Gasteiger partial charge >= 0.3 is 0 Å². The van der Waals surface area contributed by atoms with E-state index < -0.39 is 0 Å². The lowest BCUT2D eigenvalue weighted by Crippen LogP contribution is -2.43. The second-order valence-electron chi connectivity index (χ2n) is 7.31. The Labute approximate surface area is 148 Å². The number of aryl methyl sites for hydroxylation is 1. The molecule has 134 valence electrons. The number of aromatic nitrogens is 4. The van der Waals surface area contributed by atoms with E-state index in [4.69, 9.17) is 4.52 Å². The highest BCUT2D eigenvalue weighted by atomic mass is 16.5. The molecule has 0 spiro atoms. The number of nitrogens with zero attached hydrogens (tertiary/aromatic N) is 6. The topological polar surface area (TPSA) is 71.2 Å². The summed E-state index contributed by atoms with van der Waals surface area (Å²) >= 11 is 0. The fourth-order valence-corrected chi connectivity index (χ4v) is 3.64. The number of rotatable bonds is 5. The van der Waals surface area contributed by atoms with Crippen LogP contribution >= 0.6 is 0 Å². The lowest BCUT2D eigenvalue weighted by Gasteiger charge is -2.36. The third-order valence-corrected chi connectivity index (χ3v) is 5.56. The predicted octanol–water partition coefficient (Wildman–Crippen LogP) is 2.54. The molecule has 1 saturated carbocycles. The van der Waals surface area contributed by atoms with Gasteiger partial charge in [0.25, 0.3) is 0 Å². The molecule has 0 atom stereocenters. The summed E-state index contributed by atoms with van der Waals surface area (Å²) in [6.45, 7) is 4.89. The molecule has 0 N–H and O–H groups in total. The van der Waals surface area contributed by atoms with Gasteiger partial charge in [-0.1, -0.05) is 11.6 Å². The van der Waals surface area contributed by atoms with E-state index in [1.54, 1.807) is 6.33 Å². The lowest BCUT2D eigenvalue weighted by atomic mass is 9.85. The number of likely N-dealkylation sites (tertiary alicyclic amines) is 1. The second-order valence-corrected chi connectivity index (χ2v) is 7.31. The first-order valence-electron chi connectivity index (χ1n) is 9.25. The van der Waals surface area contributed by atoms with Crippen molar-refractivity contribution in [1.82, 2.24) is 25.0 Å². The quantitative estimate of drug-likeness (QED) is 0.827. The maximum absolute atomic E-state index is 5.43. The van der Waals surface area contributed by atoms with Crippen LogP contribution in [0.4, 0.5) is 5.82 Å². The molecule has 7 nitrogen and oxygen atoms in total. The van der Waals surface area contributed by atoms with Crippen molar-refractivity contribution < 1.29 is 4.52 Å². The van der Waals surface area contributed by atoms with Gasteiger partial charge in [-0.3, -0.25) is 4.90 Å². The van der Waals surface area contributed by atoms with E-state index in [1.807, 2.05) is 13.0 Å². The van der Waals surface area contributed by atoms with Gasteiger partial charge in [-0.25, -0.2) is 9.97 Å². The summed E-state index contributed by atoms with van der Waals surface area (Å²) in [4.78, 5) is 17.9. The van der Waals surface area contributed by atoms with Gasteiger partial charge in [-0.15, -0.1) is 0 Å². The molecule has 25 heavy (non-hydrogen) atoms. The molecular weight excluding hydrogens is 316 g/mol. The molecule has 2 aromatic rings. The zero-order valence-corrected chi connectivity index (χ0v) is 15.1. The minimum absolute atomic E-state index is 0.511. The average Bonchev–Trinajstić information content (AvgIpc) is 3.01. The average molecular weight is 342 g/mol. The maximum atomic E-state index is 5.43. The van der Waals surface area contributed by atoms with Crippen molar-refractivity contribution in [2.75, 3.05) is 25.0 Å². The van der Waals surface area contributed by atoms with Crippen molar-refractivity contribution in [3.05, 3.63) is 29.8 Å². The molecule has 7 heteroatoms. The number of piperidine rings is 1. The summed E-state index contributed by atoms with van der Waals surface area (Å²) in [5.74, 6) is 3.20. The van der Waals surface area contributed by atoms with E-state index in [0.29, 0.717) is 12.0 Å². The zero-order chi connectivity index (χ0) is 17.2. The van der Waals surface area contributed by atoms with Gasteiger partial charge in [0.2, 0.25) is 5.89 Å². The van der Waals surface area contributed by atoms with Gasteiger partial charge in [0.15, 0.2) is 5.82 Å². The molecule has 1 aliphatic heterocycles. The summed E-state index contributed by atoms with van der Waals surface area (Å²) in [5, 5.41) is 4.17. The molecule has 4 rings (SSSR count). The Bertz CT molecular complexity index is 705. The van der Waals surface area contributed by atoms with Gasteiger partial charge in [-0.05, 0) is 32.6 Å². The highest BCUT2D eigenvalue weighted by Gasteiger charge is 2.27. The molecule has 1 aliphatic carbocycles. The molecule has 0 unspecified atom stereocenters. The van der Waals surface area contributed by atoms with E-state index >= 15 is 0 Å². The molecule has 3 heterocycles. The number of hydrogen-bond donors (Lipinski definition) is 0. The fourth-order valence-electron chi connectivity index (χ4n) is 3.64. The Morgan fingerprint density at radius 3 is 2.68 bits per heavy atom. The van der Waals surface area contributed by atoms with Crippen molar-refractivity contribution in [2.24, 2.45) is 0 Å². The minimum atomic E-state index is 0.511. The van der Waals surface area contributed by atoms with Crippen LogP contribution in [0.2, 0.25) is 0 Å². The van der Waals surface area contributed by atoms with Crippen molar-refractivity contribution >= 4 is 5.82 Å². The summed E-state index contributed by atoms with van der Waals surface area (Å²) in [5.41, 5.74) is 1.01. The van der Waals surface area contributed by atoms with Crippen molar-refractivity contribution in [1.29, 1.82) is 0 Å². The Balaban J connectivity index is 1.30. The minimum Gasteiger partial charge on any atom is -0.356 e. The molecule has 0 amide bonds. The van der Waals surface area contributed by atoms with Crippen LogP contribution in [0, 0.1) is 6.92 Å². The van der Waals surface area contributed by atoms with Gasteiger partial charge in [0.1, 0.15) is 12.1 Å². The molecule has 0 aromatic carbocycles. The molecule has 2 aromatic heterocycles. The van der Waals surface area contributed by atoms with Crippen LogP contribution < -0.4 is 4.90 Å². The first-order valence-corrected chi connectivity index (χ1v) is 9.25. The highest BCUT2D eigenvalue weighted by Crippen LogP contribution is 2.35. The molecule has 1 saturated heterocycles. The summed E-state index contributed by atoms with van der Waals surface area (Å²) in [6, 6.07) is 2.56. The lowest BCUT2D eigenvalue weighted by molar-refractivity contribution is 0.196. The third kappa shape index (κ3) is 3.66. The summed E-state index contributed by atoms with van der Waals surface area (Å²) in [7, 11) is 2.13. The van der Waals surface area contributed by atoms with Crippen molar-refractivity contribution in [2.45, 2.75) is 57.5 Å². The van der Waals surface area contributed by atoms with Gasteiger partial charge in [0, 0.05) is 43.9 Å². The Kier molecular flexibility index (Phi) is 4.65. The maximum Gasteiger partial charge on any atom is 0.229 e. The molecule has 0 bridgehead atoms. The third-order valence-electron chi connectivity index (χ3n) is 5.56. The summed E-state index contributed by atoms with van der Waals surface area (Å²) in [6.07, 6.45) is 7.56. The second kappa shape index (κ2) is 7.07. The standard InChI is InChI=1S/C18H26N6O/c1-13-10-17(20-12-19-13)23(2)15-6-8-24(9-7-15)11-16-21-18(25-22-16)14-4-3-5-14/h10,12,14-15H,3-9,11H2,1-2H3. The van der Waals surface area contributed by atoms with E-state index in [-0.39, 0.29) is 0 Å². The molecular formula is C18H26N6O. The molecule has 0 radical (unpaired) electrons. The molecule has 2 aliphatic rings. The first-order chi connectivity index (χ1) is 12.2. The van der Waals surface area contributed by atoms with Crippen molar-refractivity contribution in [3.63, 3.8) is 0 Å². The van der Waals surface area contributed by atoms with E-state index in [9.17, 15) is 0 Å². The van der Waals surface area contributed by atoms with Crippen LogP contribution in [0.5, 0.6) is 0 Å². The van der Waals surface area contributed by atoms with Crippen LogP contribution in [0.25, 0.3) is 0 Å². The molecule has 2 fully saturated rings. The van der Waals surface area contributed by atoms with Crippen LogP contribution in [0.1, 0.15) is 55.4 Å². The largest absolute Gasteiger partial charge is 0.356 e. The Hall–Kier alpha value is -2.02. The normalized spacial score (nSPS) is 19.8. The van der Waals surface area contributed by atoms with Gasteiger partial charge in [0.05, 0.1) is 6.54 Å². The first kappa shape index (κ1) is 16.4. The monoisotopic (exact) mass is 342 g/mol. The van der Waals surface area contributed by atoms with E-state index in [0.717, 1.165) is 55.7 Å². The van der Waals surface area contributed by atoms with Crippen LogP contribution in [-0.4, -0.2) is 51.2 Å². The number of hydrogen-bond acceptors (Lipinski definition) is 7. The zero-order valence-electron chi connectivity index (χ0n) is 15.1. The smallest absolute Gasteiger partial charge is 0.229 e. The van der Waals surface area contributed by atoms with Gasteiger partial charge in [-0.2, -0.15) is 4.98 Å². The SMILES string of the molecule is Cc1cc(N(C)C2CCN(Cc3noc(C4CCC4)n3)CC2)ncn1. The van der Waals surface area contributed by atoms with Crippen LogP contribution in [0.3, 0.4) is 0 Å². The predicted molar refractivity (Wildman–Crippen MR) is 94.4 cm³/mol. The van der Waals surface area contributed by atoms with Crippen molar-refractivity contribution in [3.8, 4) is 0 Å². The number of anilines is 1. The Morgan fingerprint density at radius 1 is 1.20 bits per heavy atom. The Morgan fingerprint density at radius 2 is 2.00 bits per heavy atom. The van der Waals surface area contributed by atoms with Crippen LogP contribution in [-0.2, 0) is 6.54 Å². The summed E-state index contributed by atoms with van der Waals surface area (Å²) < 4.78 is 5.43. The van der Waals surface area contributed by atoms with Crippen LogP contribution in [0.15, 0.2) is 16.9 Å².